The van der Waals surface area contributed by atoms with Gasteiger partial charge in [0.05, 0.1) is 6.26 Å². The molecule has 2 rings (SSSR count). The van der Waals surface area contributed by atoms with Crippen molar-refractivity contribution in [3.63, 3.8) is 0 Å². The van der Waals surface area contributed by atoms with Crippen molar-refractivity contribution >= 4 is 10.0 Å². The highest BCUT2D eigenvalue weighted by molar-refractivity contribution is 7.89. The molecule has 2 N–H and O–H groups in total. The van der Waals surface area contributed by atoms with Crippen molar-refractivity contribution < 1.29 is 35.8 Å². The van der Waals surface area contributed by atoms with E-state index in [1.165, 1.54) is 37.5 Å². The predicted molar refractivity (Wildman–Crippen MR) is 76.6 cm³/mol. The van der Waals surface area contributed by atoms with Gasteiger partial charge in [-0.15, -0.1) is 13.2 Å². The van der Waals surface area contributed by atoms with Gasteiger partial charge in [-0.05, 0) is 31.2 Å². The fourth-order valence-corrected chi connectivity index (χ4v) is 3.13. The second-order valence-corrected chi connectivity index (χ2v) is 6.81. The van der Waals surface area contributed by atoms with Gasteiger partial charge < -0.3 is 14.3 Å². The lowest BCUT2D eigenvalue weighted by atomic mass is 10.1. The summed E-state index contributed by atoms with van der Waals surface area (Å²) in [7, 11) is -4.36. The number of para-hydroxylation sites is 1. The molecule has 0 spiro atoms. The van der Waals surface area contributed by atoms with E-state index in [1.807, 2.05) is 4.72 Å². The number of hydrogen-bond acceptors (Lipinski definition) is 5. The van der Waals surface area contributed by atoms with Crippen molar-refractivity contribution in [3.8, 4) is 5.75 Å². The lowest BCUT2D eigenvalue weighted by Gasteiger charge is -2.21. The summed E-state index contributed by atoms with van der Waals surface area (Å²) in [6, 6.07) is 7.25. The van der Waals surface area contributed by atoms with Crippen LogP contribution in [-0.2, 0) is 15.6 Å². The number of aliphatic hydroxyl groups is 1. The van der Waals surface area contributed by atoms with Crippen LogP contribution in [0, 0.1) is 0 Å². The van der Waals surface area contributed by atoms with Crippen LogP contribution in [-0.4, -0.2) is 26.4 Å². The molecular formula is C14H14F3NO5S. The van der Waals surface area contributed by atoms with Crippen LogP contribution in [0.3, 0.4) is 0 Å². The highest BCUT2D eigenvalue weighted by Gasteiger charge is 2.35. The first kappa shape index (κ1) is 18.3. The van der Waals surface area contributed by atoms with Gasteiger partial charge in [-0.2, -0.15) is 0 Å². The van der Waals surface area contributed by atoms with E-state index in [1.54, 1.807) is 0 Å². The number of benzene rings is 1. The Labute approximate surface area is 135 Å². The molecule has 0 bridgehead atoms. The maximum atomic E-state index is 12.4. The minimum atomic E-state index is -5.04. The Kier molecular flexibility index (Phi) is 4.92. The molecule has 1 unspecified atom stereocenters. The molecule has 6 nitrogen and oxygen atoms in total. The van der Waals surface area contributed by atoms with Crippen LogP contribution in [0.1, 0.15) is 12.7 Å². The average molecular weight is 365 g/mol. The number of sulfonamides is 1. The normalized spacial score (nSPS) is 15.0. The molecule has 0 aliphatic carbocycles. The Morgan fingerprint density at radius 3 is 2.46 bits per heavy atom. The molecule has 2 aromatic rings. The molecule has 1 heterocycles. The first-order valence-corrected chi connectivity index (χ1v) is 8.10. The molecule has 0 saturated carbocycles. The number of nitrogens with one attached hydrogen (secondary N) is 1. The molecule has 10 heteroatoms. The van der Waals surface area contributed by atoms with E-state index in [0.717, 1.165) is 12.1 Å². The molecule has 132 valence electrons. The van der Waals surface area contributed by atoms with Gasteiger partial charge >= 0.3 is 6.36 Å². The zero-order valence-corrected chi connectivity index (χ0v) is 13.2. The average Bonchev–Trinajstić information content (AvgIpc) is 2.99. The molecular weight excluding hydrogens is 351 g/mol. The number of alkyl halides is 3. The largest absolute Gasteiger partial charge is 0.573 e. The fraction of sp³-hybridized carbons (Fsp3) is 0.286. The van der Waals surface area contributed by atoms with E-state index in [2.05, 4.69) is 4.74 Å². The lowest BCUT2D eigenvalue weighted by Crippen LogP contribution is -2.38. The van der Waals surface area contributed by atoms with Crippen molar-refractivity contribution in [2.45, 2.75) is 23.8 Å². The molecule has 1 aromatic carbocycles. The summed E-state index contributed by atoms with van der Waals surface area (Å²) in [5.74, 6) is -0.764. The minimum Gasteiger partial charge on any atom is -0.466 e. The first-order chi connectivity index (χ1) is 11.0. The first-order valence-electron chi connectivity index (χ1n) is 6.62. The Morgan fingerprint density at radius 2 is 1.88 bits per heavy atom. The van der Waals surface area contributed by atoms with Crippen LogP contribution >= 0.6 is 0 Å². The highest BCUT2D eigenvalue weighted by Crippen LogP contribution is 2.29. The van der Waals surface area contributed by atoms with E-state index in [4.69, 9.17) is 4.42 Å². The summed E-state index contributed by atoms with van der Waals surface area (Å²) in [4.78, 5) is -0.697. The predicted octanol–water partition coefficient (Wildman–Crippen LogP) is 2.36. The number of rotatable bonds is 6. The zero-order valence-electron chi connectivity index (χ0n) is 12.4. The standard InChI is InChI=1S/C14H14F3NO5S/c1-13(19,12-7-4-8-22-12)9-18-24(20,21)11-6-3-2-5-10(11)23-14(15,16)17/h2-8,18-19H,9H2,1H3. The van der Waals surface area contributed by atoms with Crippen LogP contribution in [0.4, 0.5) is 13.2 Å². The third-order valence-electron chi connectivity index (χ3n) is 3.02. The van der Waals surface area contributed by atoms with E-state index in [-0.39, 0.29) is 5.76 Å². The van der Waals surface area contributed by atoms with E-state index < -0.39 is 39.2 Å². The second kappa shape index (κ2) is 6.46. The number of halogens is 3. The Balaban J connectivity index is 2.22. The quantitative estimate of drug-likeness (QED) is 0.820. The second-order valence-electron chi connectivity index (χ2n) is 5.07. The molecule has 0 saturated heterocycles. The van der Waals surface area contributed by atoms with E-state index in [0.29, 0.717) is 0 Å². The SMILES string of the molecule is CC(O)(CNS(=O)(=O)c1ccccc1OC(F)(F)F)c1ccco1. The van der Waals surface area contributed by atoms with Crippen LogP contribution in [0.15, 0.2) is 52.0 Å². The van der Waals surface area contributed by atoms with Gasteiger partial charge in [0.25, 0.3) is 0 Å². The Bertz CT molecular complexity index is 785. The summed E-state index contributed by atoms with van der Waals surface area (Å²) in [5, 5.41) is 10.2. The van der Waals surface area contributed by atoms with E-state index >= 15 is 0 Å². The monoisotopic (exact) mass is 365 g/mol. The molecule has 1 aromatic heterocycles. The maximum Gasteiger partial charge on any atom is 0.573 e. The van der Waals surface area contributed by atoms with Gasteiger partial charge in [0.1, 0.15) is 22.0 Å². The maximum absolute atomic E-state index is 12.4. The van der Waals surface area contributed by atoms with Gasteiger partial charge in [-0.3, -0.25) is 0 Å². The summed E-state index contributed by atoms with van der Waals surface area (Å²) < 4.78 is 72.4. The topological polar surface area (TPSA) is 88.8 Å². The molecule has 1 atom stereocenters. The van der Waals surface area contributed by atoms with Gasteiger partial charge in [0.2, 0.25) is 10.0 Å². The van der Waals surface area contributed by atoms with Gasteiger partial charge in [-0.1, -0.05) is 12.1 Å². The molecule has 0 fully saturated rings. The zero-order chi connectivity index (χ0) is 18.0. The van der Waals surface area contributed by atoms with Crippen molar-refractivity contribution in [3.05, 3.63) is 48.4 Å². The number of furan rings is 1. The Hall–Kier alpha value is -2.04. The fourth-order valence-electron chi connectivity index (χ4n) is 1.87. The summed E-state index contributed by atoms with van der Waals surface area (Å²) in [6.45, 7) is 0.787. The number of hydrogen-bond donors (Lipinski definition) is 2. The molecule has 0 aliphatic heterocycles. The number of ether oxygens (including phenoxy) is 1. The smallest absolute Gasteiger partial charge is 0.466 e. The molecule has 24 heavy (non-hydrogen) atoms. The summed E-state index contributed by atoms with van der Waals surface area (Å²) in [5.41, 5.74) is -1.68. The van der Waals surface area contributed by atoms with Crippen LogP contribution in [0.2, 0.25) is 0 Å². The third kappa shape index (κ3) is 4.49. The van der Waals surface area contributed by atoms with Crippen LogP contribution in [0.25, 0.3) is 0 Å². The summed E-state index contributed by atoms with van der Waals surface area (Å²) >= 11 is 0. The van der Waals surface area contributed by atoms with Gasteiger partial charge in [0, 0.05) is 6.54 Å². The molecule has 0 aliphatic rings. The Morgan fingerprint density at radius 1 is 1.21 bits per heavy atom. The molecule has 0 amide bonds. The summed E-state index contributed by atoms with van der Waals surface area (Å²) in [6.07, 6.45) is -3.74. The minimum absolute atomic E-state index is 0.102. The van der Waals surface area contributed by atoms with E-state index in [9.17, 15) is 26.7 Å². The van der Waals surface area contributed by atoms with Crippen molar-refractivity contribution in [1.82, 2.24) is 4.72 Å². The van der Waals surface area contributed by atoms with Crippen LogP contribution < -0.4 is 9.46 Å². The van der Waals surface area contributed by atoms with Gasteiger partial charge in [0.15, 0.2) is 0 Å². The van der Waals surface area contributed by atoms with Crippen molar-refractivity contribution in [1.29, 1.82) is 0 Å². The molecule has 0 radical (unpaired) electrons. The van der Waals surface area contributed by atoms with Crippen LogP contribution in [0.5, 0.6) is 5.75 Å². The van der Waals surface area contributed by atoms with Gasteiger partial charge in [-0.25, -0.2) is 13.1 Å². The lowest BCUT2D eigenvalue weighted by molar-refractivity contribution is -0.275. The van der Waals surface area contributed by atoms with Crippen molar-refractivity contribution in [2.24, 2.45) is 0 Å². The van der Waals surface area contributed by atoms with Crippen molar-refractivity contribution in [2.75, 3.05) is 6.54 Å². The third-order valence-corrected chi connectivity index (χ3v) is 4.46. The highest BCUT2D eigenvalue weighted by atomic mass is 32.2.